The van der Waals surface area contributed by atoms with Crippen molar-refractivity contribution in [1.82, 2.24) is 4.90 Å². The van der Waals surface area contributed by atoms with Crippen molar-refractivity contribution in [1.29, 1.82) is 0 Å². The summed E-state index contributed by atoms with van der Waals surface area (Å²) in [5.41, 5.74) is 7.16. The van der Waals surface area contributed by atoms with Gasteiger partial charge in [0.05, 0.1) is 0 Å². The first-order valence-corrected chi connectivity index (χ1v) is 8.95. The van der Waals surface area contributed by atoms with E-state index in [4.69, 9.17) is 5.73 Å². The maximum Gasteiger partial charge on any atom is 0.0365 e. The fraction of sp³-hybridized carbons (Fsp3) is 1.00. The highest BCUT2D eigenvalue weighted by molar-refractivity contribution is 5.09. The predicted octanol–water partition coefficient (Wildman–Crippen LogP) is 3.79. The minimum absolute atomic E-state index is 0.296. The monoisotopic (exact) mass is 278 g/mol. The molecule has 0 aromatic rings. The molecule has 0 radical (unpaired) electrons. The molecule has 3 fully saturated rings. The molecule has 20 heavy (non-hydrogen) atoms. The van der Waals surface area contributed by atoms with Gasteiger partial charge in [0.2, 0.25) is 0 Å². The number of hydrogen-bond acceptors (Lipinski definition) is 2. The van der Waals surface area contributed by atoms with E-state index in [1.54, 1.807) is 0 Å². The molecule has 0 aromatic carbocycles. The highest BCUT2D eigenvalue weighted by Crippen LogP contribution is 2.53. The van der Waals surface area contributed by atoms with Crippen LogP contribution in [0.2, 0.25) is 0 Å². The lowest BCUT2D eigenvalue weighted by Crippen LogP contribution is -2.63. The van der Waals surface area contributed by atoms with Crippen LogP contribution in [0.25, 0.3) is 0 Å². The van der Waals surface area contributed by atoms with Gasteiger partial charge in [-0.15, -0.1) is 0 Å². The fourth-order valence-electron chi connectivity index (χ4n) is 6.05. The second kappa shape index (κ2) is 5.28. The molecule has 2 aliphatic carbocycles. The summed E-state index contributed by atoms with van der Waals surface area (Å²) in [4.78, 5) is 2.92. The Balaban J connectivity index is 1.88. The van der Waals surface area contributed by atoms with Gasteiger partial charge in [-0.2, -0.15) is 0 Å². The van der Waals surface area contributed by atoms with E-state index in [0.29, 0.717) is 11.0 Å². The molecule has 3 aliphatic rings. The Morgan fingerprint density at radius 3 is 2.45 bits per heavy atom. The van der Waals surface area contributed by atoms with E-state index in [-0.39, 0.29) is 0 Å². The molecule has 3 rings (SSSR count). The van der Waals surface area contributed by atoms with Gasteiger partial charge >= 0.3 is 0 Å². The molecular weight excluding hydrogens is 244 g/mol. The summed E-state index contributed by atoms with van der Waals surface area (Å²) in [5, 5.41) is 0. The number of hydrogen-bond donors (Lipinski definition) is 1. The molecule has 2 heteroatoms. The molecule has 0 bridgehead atoms. The summed E-state index contributed by atoms with van der Waals surface area (Å²) < 4.78 is 0. The quantitative estimate of drug-likeness (QED) is 0.832. The van der Waals surface area contributed by atoms with Crippen LogP contribution in [0.1, 0.15) is 72.1 Å². The van der Waals surface area contributed by atoms with Gasteiger partial charge in [0, 0.05) is 18.1 Å². The maximum atomic E-state index is 6.39. The zero-order valence-corrected chi connectivity index (χ0v) is 13.8. The number of likely N-dealkylation sites (tertiary alicyclic amines) is 1. The first-order chi connectivity index (χ1) is 9.48. The van der Waals surface area contributed by atoms with E-state index in [0.717, 1.165) is 24.4 Å². The summed E-state index contributed by atoms with van der Waals surface area (Å²) in [6, 6.07) is 0.845. The zero-order chi connectivity index (χ0) is 14.4. The Labute approximate surface area is 125 Å². The molecule has 116 valence electrons. The number of nitrogens with two attached hydrogens (primary N) is 1. The third-order valence-corrected chi connectivity index (χ3v) is 6.73. The largest absolute Gasteiger partial charge is 0.329 e. The van der Waals surface area contributed by atoms with E-state index in [1.165, 1.54) is 57.9 Å². The number of fused-ring (bicyclic) bond motifs is 1. The molecule has 0 amide bonds. The van der Waals surface area contributed by atoms with Gasteiger partial charge in [-0.1, -0.05) is 33.6 Å². The Bertz CT molecular complexity index is 349. The molecule has 0 aromatic heterocycles. The van der Waals surface area contributed by atoms with Crippen molar-refractivity contribution >= 4 is 0 Å². The van der Waals surface area contributed by atoms with Gasteiger partial charge in [-0.05, 0) is 62.3 Å². The highest BCUT2D eigenvalue weighted by atomic mass is 15.3. The van der Waals surface area contributed by atoms with E-state index >= 15 is 0 Å². The van der Waals surface area contributed by atoms with Crippen molar-refractivity contribution in [2.45, 2.75) is 83.7 Å². The van der Waals surface area contributed by atoms with Gasteiger partial charge < -0.3 is 5.73 Å². The fourth-order valence-corrected chi connectivity index (χ4v) is 6.05. The van der Waals surface area contributed by atoms with Crippen molar-refractivity contribution in [3.63, 3.8) is 0 Å². The van der Waals surface area contributed by atoms with E-state index in [1.807, 2.05) is 0 Å². The van der Waals surface area contributed by atoms with Crippen LogP contribution in [0.15, 0.2) is 0 Å². The van der Waals surface area contributed by atoms with Crippen LogP contribution in [0.4, 0.5) is 0 Å². The molecule has 0 spiro atoms. The SMILES string of the molecule is CC1CC(C)(C)CC1(CN)N1CCC[C@H]2CCCC[C@H]21. The van der Waals surface area contributed by atoms with Crippen molar-refractivity contribution in [3.8, 4) is 0 Å². The zero-order valence-electron chi connectivity index (χ0n) is 13.8. The minimum atomic E-state index is 0.296. The second-order valence-electron chi connectivity index (χ2n) is 8.70. The van der Waals surface area contributed by atoms with Gasteiger partial charge in [0.1, 0.15) is 0 Å². The third kappa shape index (κ3) is 2.33. The summed E-state index contributed by atoms with van der Waals surface area (Å²) in [7, 11) is 0. The van der Waals surface area contributed by atoms with E-state index in [9.17, 15) is 0 Å². The standard InChI is InChI=1S/C18H34N2/c1-14-11-17(2,3)12-18(14,13-19)20-10-6-8-15-7-4-5-9-16(15)20/h14-16H,4-13,19H2,1-3H3/t14?,15-,16-,18?/m1/s1. The Morgan fingerprint density at radius 1 is 1.10 bits per heavy atom. The molecule has 1 saturated heterocycles. The Morgan fingerprint density at radius 2 is 1.80 bits per heavy atom. The molecule has 2 saturated carbocycles. The van der Waals surface area contributed by atoms with Crippen LogP contribution < -0.4 is 5.73 Å². The van der Waals surface area contributed by atoms with Gasteiger partial charge in [-0.25, -0.2) is 0 Å². The van der Waals surface area contributed by atoms with Crippen LogP contribution in [0.5, 0.6) is 0 Å². The normalized spacial score (nSPS) is 45.3. The molecule has 2 N–H and O–H groups in total. The number of rotatable bonds is 2. The average Bonchev–Trinajstić information content (AvgIpc) is 2.68. The molecule has 1 heterocycles. The van der Waals surface area contributed by atoms with Crippen LogP contribution in [-0.4, -0.2) is 29.6 Å². The first-order valence-electron chi connectivity index (χ1n) is 8.95. The summed E-state index contributed by atoms with van der Waals surface area (Å²) in [6.45, 7) is 9.53. The van der Waals surface area contributed by atoms with Crippen molar-refractivity contribution in [3.05, 3.63) is 0 Å². The van der Waals surface area contributed by atoms with E-state index < -0.39 is 0 Å². The second-order valence-corrected chi connectivity index (χ2v) is 8.70. The smallest absolute Gasteiger partial charge is 0.0365 e. The minimum Gasteiger partial charge on any atom is -0.329 e. The van der Waals surface area contributed by atoms with Crippen LogP contribution in [0.3, 0.4) is 0 Å². The Kier molecular flexibility index (Phi) is 3.92. The number of nitrogens with zero attached hydrogens (tertiary/aromatic N) is 1. The van der Waals surface area contributed by atoms with E-state index in [2.05, 4.69) is 25.7 Å². The third-order valence-electron chi connectivity index (χ3n) is 6.73. The van der Waals surface area contributed by atoms with Crippen LogP contribution in [-0.2, 0) is 0 Å². The summed E-state index contributed by atoms with van der Waals surface area (Å²) in [6.07, 6.45) is 11.3. The van der Waals surface area contributed by atoms with Crippen LogP contribution >= 0.6 is 0 Å². The lowest BCUT2D eigenvalue weighted by atomic mass is 9.73. The maximum absolute atomic E-state index is 6.39. The van der Waals surface area contributed by atoms with Gasteiger partial charge in [0.15, 0.2) is 0 Å². The van der Waals surface area contributed by atoms with Gasteiger partial charge in [0.25, 0.3) is 0 Å². The molecule has 4 atom stereocenters. The van der Waals surface area contributed by atoms with Crippen LogP contribution in [0, 0.1) is 17.3 Å². The molecule has 2 unspecified atom stereocenters. The Hall–Kier alpha value is -0.0800. The van der Waals surface area contributed by atoms with Crippen molar-refractivity contribution in [2.24, 2.45) is 23.0 Å². The predicted molar refractivity (Wildman–Crippen MR) is 85.7 cm³/mol. The molecule has 1 aliphatic heterocycles. The molecular formula is C18H34N2. The summed E-state index contributed by atoms with van der Waals surface area (Å²) >= 11 is 0. The molecule has 2 nitrogen and oxygen atoms in total. The first kappa shape index (κ1) is 14.8. The lowest BCUT2D eigenvalue weighted by molar-refractivity contribution is -0.0435. The van der Waals surface area contributed by atoms with Gasteiger partial charge in [-0.3, -0.25) is 4.90 Å². The van der Waals surface area contributed by atoms with Crippen molar-refractivity contribution < 1.29 is 0 Å². The highest BCUT2D eigenvalue weighted by Gasteiger charge is 2.54. The summed E-state index contributed by atoms with van der Waals surface area (Å²) in [5.74, 6) is 1.72. The lowest BCUT2D eigenvalue weighted by Gasteiger charge is -2.54. The topological polar surface area (TPSA) is 29.3 Å². The number of piperidine rings is 1. The average molecular weight is 278 g/mol. The van der Waals surface area contributed by atoms with Crippen molar-refractivity contribution in [2.75, 3.05) is 13.1 Å².